The lowest BCUT2D eigenvalue weighted by Crippen LogP contribution is -2.03. The number of benzene rings is 1. The second-order valence-electron chi connectivity index (χ2n) is 3.79. The van der Waals surface area contributed by atoms with E-state index in [1.54, 1.807) is 26.4 Å². The summed E-state index contributed by atoms with van der Waals surface area (Å²) < 4.78 is 15.6. The molecule has 1 rings (SSSR count). The third-order valence-corrected chi connectivity index (χ3v) is 2.41. The third kappa shape index (κ3) is 5.54. The topological polar surface area (TPSA) is 65.0 Å². The van der Waals surface area contributed by atoms with Gasteiger partial charge in [-0.25, -0.2) is 4.79 Å². The highest BCUT2D eigenvalue weighted by molar-refractivity contribution is 5.85. The number of carbonyl (C=O) groups is 1. The number of carboxylic acids is 1. The minimum Gasteiger partial charge on any atom is -0.496 e. The number of rotatable bonds is 8. The smallest absolute Gasteiger partial charge is 0.328 e. The second kappa shape index (κ2) is 8.29. The van der Waals surface area contributed by atoms with Crippen LogP contribution >= 0.6 is 0 Å². The summed E-state index contributed by atoms with van der Waals surface area (Å²) >= 11 is 0. The maximum atomic E-state index is 10.5. The molecule has 0 saturated carbocycles. The fourth-order valence-electron chi connectivity index (χ4n) is 1.51. The largest absolute Gasteiger partial charge is 0.496 e. The molecular weight excluding hydrogens is 248 g/mol. The normalized spacial score (nSPS) is 10.8. The van der Waals surface area contributed by atoms with E-state index in [1.807, 2.05) is 6.07 Å². The summed E-state index contributed by atoms with van der Waals surface area (Å²) in [7, 11) is 3.20. The molecule has 0 aliphatic carbocycles. The van der Waals surface area contributed by atoms with Crippen molar-refractivity contribution in [3.05, 3.63) is 35.4 Å². The molecule has 0 amide bonds. The van der Waals surface area contributed by atoms with Crippen LogP contribution in [0.25, 0.3) is 6.08 Å². The van der Waals surface area contributed by atoms with E-state index < -0.39 is 5.97 Å². The van der Waals surface area contributed by atoms with Gasteiger partial charge >= 0.3 is 5.97 Å². The van der Waals surface area contributed by atoms with Crippen molar-refractivity contribution in [2.24, 2.45) is 0 Å². The molecular formula is C14H18O5. The molecule has 1 N–H and O–H groups in total. The van der Waals surface area contributed by atoms with E-state index in [0.717, 1.165) is 17.2 Å². The zero-order valence-electron chi connectivity index (χ0n) is 11.1. The third-order valence-electron chi connectivity index (χ3n) is 2.41. The lowest BCUT2D eigenvalue weighted by molar-refractivity contribution is -0.131. The molecule has 0 heterocycles. The molecule has 0 aliphatic heterocycles. The number of ether oxygens (including phenoxy) is 3. The van der Waals surface area contributed by atoms with Crippen molar-refractivity contribution in [1.82, 2.24) is 0 Å². The molecule has 0 spiro atoms. The Balaban J connectivity index is 2.75. The van der Waals surface area contributed by atoms with Crippen LogP contribution in [0.15, 0.2) is 24.3 Å². The lowest BCUT2D eigenvalue weighted by Gasteiger charge is -2.10. The van der Waals surface area contributed by atoms with Crippen molar-refractivity contribution in [3.8, 4) is 5.75 Å². The van der Waals surface area contributed by atoms with Crippen molar-refractivity contribution in [3.63, 3.8) is 0 Å². The van der Waals surface area contributed by atoms with Crippen LogP contribution in [0.1, 0.15) is 11.1 Å². The number of aliphatic carboxylic acids is 1. The van der Waals surface area contributed by atoms with Gasteiger partial charge < -0.3 is 19.3 Å². The van der Waals surface area contributed by atoms with Crippen molar-refractivity contribution < 1.29 is 24.1 Å². The first-order valence-corrected chi connectivity index (χ1v) is 5.82. The molecule has 1 aromatic rings. The molecule has 104 valence electrons. The second-order valence-corrected chi connectivity index (χ2v) is 3.79. The van der Waals surface area contributed by atoms with Gasteiger partial charge in [-0.05, 0) is 23.8 Å². The highest BCUT2D eigenvalue weighted by Gasteiger charge is 2.04. The van der Waals surface area contributed by atoms with Gasteiger partial charge in [0, 0.05) is 18.7 Å². The minimum atomic E-state index is -0.978. The predicted molar refractivity (Wildman–Crippen MR) is 71.2 cm³/mol. The van der Waals surface area contributed by atoms with Crippen LogP contribution in [-0.2, 0) is 20.9 Å². The lowest BCUT2D eigenvalue weighted by atomic mass is 10.1. The quantitative estimate of drug-likeness (QED) is 0.575. The number of hydrogen-bond acceptors (Lipinski definition) is 4. The Hall–Kier alpha value is -1.85. The van der Waals surface area contributed by atoms with E-state index in [9.17, 15) is 4.79 Å². The van der Waals surface area contributed by atoms with Crippen molar-refractivity contribution in [2.45, 2.75) is 6.61 Å². The molecule has 0 aliphatic rings. The van der Waals surface area contributed by atoms with Crippen LogP contribution < -0.4 is 4.74 Å². The molecule has 1 aromatic carbocycles. The van der Waals surface area contributed by atoms with Gasteiger partial charge in [-0.15, -0.1) is 0 Å². The predicted octanol–water partition coefficient (Wildman–Crippen LogP) is 1.96. The van der Waals surface area contributed by atoms with E-state index in [1.165, 1.54) is 6.08 Å². The summed E-state index contributed by atoms with van der Waals surface area (Å²) in [4.78, 5) is 10.5. The van der Waals surface area contributed by atoms with Gasteiger partial charge in [-0.1, -0.05) is 6.07 Å². The van der Waals surface area contributed by atoms with E-state index in [2.05, 4.69) is 0 Å². The summed E-state index contributed by atoms with van der Waals surface area (Å²) in [6.07, 6.45) is 2.62. The fourth-order valence-corrected chi connectivity index (χ4v) is 1.51. The minimum absolute atomic E-state index is 0.390. The standard InChI is InChI=1S/C14H18O5/c1-17-7-8-19-10-12-9-11(4-6-14(15)16)3-5-13(12)18-2/h3-6,9H,7-8,10H2,1-2H3,(H,15,16)/b6-4+. The molecule has 5 heteroatoms. The molecule has 0 saturated heterocycles. The van der Waals surface area contributed by atoms with Crippen LogP contribution in [0.3, 0.4) is 0 Å². The molecule has 5 nitrogen and oxygen atoms in total. The summed E-state index contributed by atoms with van der Waals surface area (Å²) in [5.41, 5.74) is 1.65. The molecule has 0 radical (unpaired) electrons. The number of methoxy groups -OCH3 is 2. The van der Waals surface area contributed by atoms with Gasteiger partial charge in [0.15, 0.2) is 0 Å². The highest BCUT2D eigenvalue weighted by Crippen LogP contribution is 2.21. The first-order valence-electron chi connectivity index (χ1n) is 5.82. The Morgan fingerprint density at radius 3 is 2.74 bits per heavy atom. The van der Waals surface area contributed by atoms with Gasteiger partial charge in [0.2, 0.25) is 0 Å². The van der Waals surface area contributed by atoms with Crippen LogP contribution in [0.2, 0.25) is 0 Å². The number of hydrogen-bond donors (Lipinski definition) is 1. The summed E-state index contributed by atoms with van der Waals surface area (Å²) in [5.74, 6) is -0.265. The molecule has 0 aromatic heterocycles. The molecule has 19 heavy (non-hydrogen) atoms. The van der Waals surface area contributed by atoms with E-state index >= 15 is 0 Å². The van der Waals surface area contributed by atoms with Gasteiger partial charge in [0.1, 0.15) is 5.75 Å². The zero-order valence-corrected chi connectivity index (χ0v) is 11.1. The Labute approximate surface area is 112 Å². The molecule has 0 fully saturated rings. The van der Waals surface area contributed by atoms with E-state index in [-0.39, 0.29) is 0 Å². The maximum Gasteiger partial charge on any atom is 0.328 e. The van der Waals surface area contributed by atoms with Gasteiger partial charge in [-0.3, -0.25) is 0 Å². The number of carboxylic acid groups (broad SMARTS) is 1. The molecule has 0 unspecified atom stereocenters. The summed E-state index contributed by atoms with van der Waals surface area (Å²) in [6.45, 7) is 1.41. The Bertz CT molecular complexity index is 439. The van der Waals surface area contributed by atoms with Gasteiger partial charge in [-0.2, -0.15) is 0 Å². The Morgan fingerprint density at radius 2 is 2.11 bits per heavy atom. The van der Waals surface area contributed by atoms with Crippen LogP contribution in [0, 0.1) is 0 Å². The first kappa shape index (κ1) is 15.2. The van der Waals surface area contributed by atoms with Crippen molar-refractivity contribution >= 4 is 12.0 Å². The highest BCUT2D eigenvalue weighted by atomic mass is 16.5. The Kier molecular flexibility index (Phi) is 6.63. The maximum absolute atomic E-state index is 10.5. The first-order chi connectivity index (χ1) is 9.17. The SMILES string of the molecule is COCCOCc1cc(/C=C/C(=O)O)ccc1OC. The van der Waals surface area contributed by atoms with Crippen LogP contribution in [0.5, 0.6) is 5.75 Å². The monoisotopic (exact) mass is 266 g/mol. The Morgan fingerprint density at radius 1 is 1.32 bits per heavy atom. The van der Waals surface area contributed by atoms with Crippen molar-refractivity contribution in [1.29, 1.82) is 0 Å². The van der Waals surface area contributed by atoms with Crippen LogP contribution in [-0.4, -0.2) is 38.5 Å². The van der Waals surface area contributed by atoms with Gasteiger partial charge in [0.25, 0.3) is 0 Å². The van der Waals surface area contributed by atoms with E-state index in [0.29, 0.717) is 25.6 Å². The zero-order chi connectivity index (χ0) is 14.1. The molecule has 0 atom stereocenters. The average Bonchev–Trinajstić information content (AvgIpc) is 2.41. The summed E-state index contributed by atoms with van der Waals surface area (Å²) in [5, 5.41) is 8.60. The van der Waals surface area contributed by atoms with Gasteiger partial charge in [0.05, 0.1) is 26.9 Å². The van der Waals surface area contributed by atoms with Crippen molar-refractivity contribution in [2.75, 3.05) is 27.4 Å². The average molecular weight is 266 g/mol. The molecule has 0 bridgehead atoms. The van der Waals surface area contributed by atoms with Crippen LogP contribution in [0.4, 0.5) is 0 Å². The van der Waals surface area contributed by atoms with E-state index in [4.69, 9.17) is 19.3 Å². The fraction of sp³-hybridized carbons (Fsp3) is 0.357. The summed E-state index contributed by atoms with van der Waals surface area (Å²) in [6, 6.07) is 5.42.